The fourth-order valence-electron chi connectivity index (χ4n) is 3.14. The molecule has 0 aliphatic carbocycles. The summed E-state index contributed by atoms with van der Waals surface area (Å²) in [5, 5.41) is -0.111. The first-order chi connectivity index (χ1) is 12.6. The van der Waals surface area contributed by atoms with E-state index in [0.717, 1.165) is 12.3 Å². The number of carbonyl (C=O) groups excluding carboxylic acids is 1. The molecule has 1 saturated heterocycles. The third-order valence-corrected chi connectivity index (χ3v) is 4.73. The number of nitrogens with zero attached hydrogens (tertiary/aromatic N) is 3. The van der Waals surface area contributed by atoms with E-state index < -0.39 is 24.7 Å². The normalized spacial score (nSPS) is 16.1. The lowest BCUT2D eigenvalue weighted by Crippen LogP contribution is -2.44. The lowest BCUT2D eigenvalue weighted by molar-refractivity contribution is -0.138. The molecule has 1 amide bonds. The van der Waals surface area contributed by atoms with Crippen LogP contribution in [0, 0.1) is 5.92 Å². The maximum atomic E-state index is 12.7. The fourth-order valence-corrected chi connectivity index (χ4v) is 3.43. The summed E-state index contributed by atoms with van der Waals surface area (Å²) in [6.45, 7) is 2.23. The van der Waals surface area contributed by atoms with Crippen LogP contribution in [0.15, 0.2) is 12.3 Å². The predicted molar refractivity (Wildman–Crippen MR) is 92.1 cm³/mol. The Kier molecular flexibility index (Phi) is 7.25. The molecule has 1 aromatic rings. The third kappa shape index (κ3) is 5.67. The van der Waals surface area contributed by atoms with Gasteiger partial charge in [0.1, 0.15) is 5.82 Å². The number of hydrogen-bond donors (Lipinski definition) is 0. The van der Waals surface area contributed by atoms with E-state index in [2.05, 4.69) is 4.98 Å². The molecule has 0 spiro atoms. The van der Waals surface area contributed by atoms with Gasteiger partial charge < -0.3 is 9.80 Å². The van der Waals surface area contributed by atoms with Crippen molar-refractivity contribution in [3.63, 3.8) is 0 Å². The second kappa shape index (κ2) is 9.03. The van der Waals surface area contributed by atoms with Crippen molar-refractivity contribution in [3.8, 4) is 0 Å². The van der Waals surface area contributed by atoms with Gasteiger partial charge in [0, 0.05) is 31.7 Å². The van der Waals surface area contributed by atoms with Crippen LogP contribution in [-0.2, 0) is 11.0 Å². The number of rotatable bonds is 6. The standard InChI is InChI=1S/C17H21ClF5N3O/c1-2-5-26(10-14(19)20)16(27)11-3-6-25(7-4-11)15-13(18)8-12(9-24-15)17(21,22)23/h8-9,11,14H,2-7,10H2,1H3. The first-order valence-corrected chi connectivity index (χ1v) is 9.05. The van der Waals surface area contributed by atoms with Gasteiger partial charge in [-0.3, -0.25) is 4.79 Å². The molecule has 4 nitrogen and oxygen atoms in total. The summed E-state index contributed by atoms with van der Waals surface area (Å²) in [5.41, 5.74) is -0.927. The minimum atomic E-state index is -4.53. The van der Waals surface area contributed by atoms with Crippen molar-refractivity contribution in [1.82, 2.24) is 9.88 Å². The van der Waals surface area contributed by atoms with Gasteiger partial charge >= 0.3 is 6.18 Å². The first-order valence-electron chi connectivity index (χ1n) is 8.68. The molecule has 1 aliphatic heterocycles. The molecule has 1 aliphatic rings. The number of pyridine rings is 1. The number of amides is 1. The lowest BCUT2D eigenvalue weighted by atomic mass is 9.95. The molecular formula is C17H21ClF5N3O. The summed E-state index contributed by atoms with van der Waals surface area (Å²) in [7, 11) is 0. The number of aromatic nitrogens is 1. The van der Waals surface area contributed by atoms with Gasteiger partial charge in [0.15, 0.2) is 0 Å². The van der Waals surface area contributed by atoms with E-state index in [1.807, 2.05) is 6.92 Å². The van der Waals surface area contributed by atoms with Crippen LogP contribution in [0.5, 0.6) is 0 Å². The van der Waals surface area contributed by atoms with E-state index in [4.69, 9.17) is 11.6 Å². The molecule has 10 heteroatoms. The van der Waals surface area contributed by atoms with Gasteiger partial charge in [-0.2, -0.15) is 13.2 Å². The van der Waals surface area contributed by atoms with Crippen LogP contribution in [0.25, 0.3) is 0 Å². The Labute approximate surface area is 159 Å². The van der Waals surface area contributed by atoms with Crippen LogP contribution in [-0.4, -0.2) is 48.4 Å². The minimum Gasteiger partial charge on any atom is -0.355 e. The topological polar surface area (TPSA) is 36.4 Å². The number of alkyl halides is 5. The zero-order chi connectivity index (χ0) is 20.2. The average molecular weight is 414 g/mol. The monoisotopic (exact) mass is 413 g/mol. The van der Waals surface area contributed by atoms with E-state index in [1.165, 1.54) is 4.90 Å². The van der Waals surface area contributed by atoms with E-state index >= 15 is 0 Å². The van der Waals surface area contributed by atoms with Crippen molar-refractivity contribution in [3.05, 3.63) is 22.8 Å². The summed E-state index contributed by atoms with van der Waals surface area (Å²) >= 11 is 5.95. The Morgan fingerprint density at radius 2 is 2.00 bits per heavy atom. The van der Waals surface area contributed by atoms with Crippen molar-refractivity contribution >= 4 is 23.3 Å². The van der Waals surface area contributed by atoms with Gasteiger partial charge in [0.2, 0.25) is 5.91 Å². The number of halogens is 6. The minimum absolute atomic E-state index is 0.111. The molecule has 0 atom stereocenters. The quantitative estimate of drug-likeness (QED) is 0.645. The predicted octanol–water partition coefficient (Wildman–Crippen LogP) is 4.47. The molecule has 0 saturated carbocycles. The Morgan fingerprint density at radius 1 is 1.37 bits per heavy atom. The highest BCUT2D eigenvalue weighted by Gasteiger charge is 2.33. The Balaban J connectivity index is 2.01. The molecule has 0 aromatic carbocycles. The molecular weight excluding hydrogens is 393 g/mol. The number of anilines is 1. The van der Waals surface area contributed by atoms with Gasteiger partial charge in [-0.1, -0.05) is 18.5 Å². The third-order valence-electron chi connectivity index (χ3n) is 4.46. The summed E-state index contributed by atoms with van der Waals surface area (Å²) in [6, 6.07) is 0.826. The first kappa shape index (κ1) is 21.7. The van der Waals surface area contributed by atoms with Crippen LogP contribution < -0.4 is 4.90 Å². The van der Waals surface area contributed by atoms with Gasteiger partial charge in [0.25, 0.3) is 6.43 Å². The maximum Gasteiger partial charge on any atom is 0.417 e. The van der Waals surface area contributed by atoms with Gasteiger partial charge in [0.05, 0.1) is 17.1 Å². The highest BCUT2D eigenvalue weighted by molar-refractivity contribution is 6.33. The highest BCUT2D eigenvalue weighted by Crippen LogP contribution is 2.34. The number of piperidine rings is 1. The number of carbonyl (C=O) groups is 1. The molecule has 0 radical (unpaired) electrons. The molecule has 0 bridgehead atoms. The fraction of sp³-hybridized carbons (Fsp3) is 0.647. The molecule has 152 valence electrons. The van der Waals surface area contributed by atoms with Gasteiger partial charge in [-0.15, -0.1) is 0 Å². The largest absolute Gasteiger partial charge is 0.417 e. The molecule has 27 heavy (non-hydrogen) atoms. The zero-order valence-electron chi connectivity index (χ0n) is 14.8. The van der Waals surface area contributed by atoms with Crippen molar-refractivity contribution in [2.45, 2.75) is 38.8 Å². The van der Waals surface area contributed by atoms with E-state index in [9.17, 15) is 26.7 Å². The van der Waals surface area contributed by atoms with Crippen molar-refractivity contribution in [2.24, 2.45) is 5.92 Å². The van der Waals surface area contributed by atoms with Crippen LogP contribution in [0.3, 0.4) is 0 Å². The molecule has 0 N–H and O–H groups in total. The molecule has 1 aromatic heterocycles. The maximum absolute atomic E-state index is 12.7. The summed E-state index contributed by atoms with van der Waals surface area (Å²) in [4.78, 5) is 19.2. The molecule has 2 heterocycles. The second-order valence-electron chi connectivity index (χ2n) is 6.46. The Morgan fingerprint density at radius 3 is 2.48 bits per heavy atom. The summed E-state index contributed by atoms with van der Waals surface area (Å²) in [5.74, 6) is -0.461. The Bertz CT molecular complexity index is 648. The second-order valence-corrected chi connectivity index (χ2v) is 6.87. The van der Waals surface area contributed by atoms with E-state index in [1.54, 1.807) is 4.90 Å². The molecule has 0 unspecified atom stereocenters. The zero-order valence-corrected chi connectivity index (χ0v) is 15.5. The van der Waals surface area contributed by atoms with Gasteiger partial charge in [-0.05, 0) is 25.3 Å². The highest BCUT2D eigenvalue weighted by atomic mass is 35.5. The molecule has 2 rings (SSSR count). The number of hydrogen-bond acceptors (Lipinski definition) is 3. The van der Waals surface area contributed by atoms with Crippen LogP contribution in [0.2, 0.25) is 5.02 Å². The smallest absolute Gasteiger partial charge is 0.355 e. The summed E-state index contributed by atoms with van der Waals surface area (Å²) < 4.78 is 63.5. The average Bonchev–Trinajstić information content (AvgIpc) is 2.60. The SMILES string of the molecule is CCCN(CC(F)F)C(=O)C1CCN(c2ncc(C(F)(F)F)cc2Cl)CC1. The van der Waals surface area contributed by atoms with Gasteiger partial charge in [-0.25, -0.2) is 13.8 Å². The van der Waals surface area contributed by atoms with Crippen LogP contribution in [0.4, 0.5) is 27.8 Å². The van der Waals surface area contributed by atoms with Crippen LogP contribution in [0.1, 0.15) is 31.7 Å². The Hall–Kier alpha value is -1.64. The summed E-state index contributed by atoms with van der Waals surface area (Å²) in [6.07, 6.45) is -4.99. The van der Waals surface area contributed by atoms with E-state index in [-0.39, 0.29) is 29.2 Å². The van der Waals surface area contributed by atoms with E-state index in [0.29, 0.717) is 32.4 Å². The lowest BCUT2D eigenvalue weighted by Gasteiger charge is -2.35. The van der Waals surface area contributed by atoms with Crippen LogP contribution >= 0.6 is 11.6 Å². The molecule has 1 fully saturated rings. The van der Waals surface area contributed by atoms with Crippen molar-refractivity contribution in [2.75, 3.05) is 31.1 Å². The van der Waals surface area contributed by atoms with Crippen molar-refractivity contribution in [1.29, 1.82) is 0 Å². The van der Waals surface area contributed by atoms with Crippen molar-refractivity contribution < 1.29 is 26.7 Å².